The van der Waals surface area contributed by atoms with Crippen molar-refractivity contribution in [3.05, 3.63) is 111 Å². The third-order valence-electron chi connectivity index (χ3n) is 5.89. The molecule has 0 fully saturated rings. The second-order valence-corrected chi connectivity index (χ2v) is 9.18. The Morgan fingerprint density at radius 3 is 2.21 bits per heavy atom. The Hall–Kier alpha value is -3.48. The molecule has 0 aromatic heterocycles. The van der Waals surface area contributed by atoms with Crippen LogP contribution in [0, 0.1) is 0 Å². The fourth-order valence-corrected chi connectivity index (χ4v) is 4.81. The number of para-hydroxylation sites is 1. The molecule has 0 spiro atoms. The van der Waals surface area contributed by atoms with Crippen molar-refractivity contribution in [2.24, 2.45) is 0 Å². The Balaban J connectivity index is 1.47. The number of rotatable bonds is 5. The minimum absolute atomic E-state index is 0.0534. The van der Waals surface area contributed by atoms with Crippen LogP contribution in [0.15, 0.2) is 89.4 Å². The highest BCUT2D eigenvalue weighted by atomic mass is 79.9. The Morgan fingerprint density at radius 1 is 0.824 bits per heavy atom. The summed E-state index contributed by atoms with van der Waals surface area (Å²) in [6.45, 7) is 0.197. The van der Waals surface area contributed by atoms with Crippen LogP contribution in [0.4, 0.5) is 5.69 Å². The quantitative estimate of drug-likeness (QED) is 0.287. The summed E-state index contributed by atoms with van der Waals surface area (Å²) in [5.41, 5.74) is 2.09. The van der Waals surface area contributed by atoms with Gasteiger partial charge in [-0.2, -0.15) is 0 Å². The molecule has 0 saturated heterocycles. The molecule has 0 bridgehead atoms. The lowest BCUT2D eigenvalue weighted by atomic mass is 9.94. The minimum Gasteiger partial charge on any atom is -0.307 e. The Labute approximate surface area is 209 Å². The van der Waals surface area contributed by atoms with E-state index < -0.39 is 0 Å². The van der Waals surface area contributed by atoms with Crippen LogP contribution < -0.4 is 4.90 Å². The molecule has 4 aromatic rings. The van der Waals surface area contributed by atoms with Gasteiger partial charge in [0.1, 0.15) is 0 Å². The lowest BCUT2D eigenvalue weighted by Gasteiger charge is -2.30. The molecule has 5 nitrogen and oxygen atoms in total. The van der Waals surface area contributed by atoms with Gasteiger partial charge < -0.3 is 4.90 Å². The summed E-state index contributed by atoms with van der Waals surface area (Å²) in [5, 5.41) is 2.01. The van der Waals surface area contributed by atoms with Crippen molar-refractivity contribution >= 4 is 61.7 Å². The average molecular weight is 534 g/mol. The molecule has 5 rings (SSSR count). The van der Waals surface area contributed by atoms with Gasteiger partial charge in [-0.15, -0.1) is 0 Å². The van der Waals surface area contributed by atoms with E-state index in [1.54, 1.807) is 47.4 Å². The monoisotopic (exact) mass is 532 g/mol. The first-order chi connectivity index (χ1) is 16.5. The van der Waals surface area contributed by atoms with Crippen molar-refractivity contribution in [1.82, 2.24) is 4.90 Å². The summed E-state index contributed by atoms with van der Waals surface area (Å²) in [4.78, 5) is 42.8. The van der Waals surface area contributed by atoms with Crippen molar-refractivity contribution in [2.45, 2.75) is 0 Å². The second kappa shape index (κ2) is 9.05. The van der Waals surface area contributed by atoms with Crippen molar-refractivity contribution in [2.75, 3.05) is 18.0 Å². The predicted molar refractivity (Wildman–Crippen MR) is 137 cm³/mol. The number of halogens is 2. The first-order valence-corrected chi connectivity index (χ1v) is 11.8. The molecule has 4 aromatic carbocycles. The minimum atomic E-state index is -0.367. The number of amides is 3. The normalized spacial score (nSPS) is 12.8. The van der Waals surface area contributed by atoms with Crippen molar-refractivity contribution in [3.63, 3.8) is 0 Å². The maximum atomic E-state index is 13.4. The number of carbonyl (C=O) groups excluding carboxylic acids is 3. The highest BCUT2D eigenvalue weighted by molar-refractivity contribution is 9.10. The second-order valence-electron chi connectivity index (χ2n) is 7.88. The van der Waals surface area contributed by atoms with Gasteiger partial charge in [-0.3, -0.25) is 19.3 Å². The smallest absolute Gasteiger partial charge is 0.261 e. The van der Waals surface area contributed by atoms with Crippen LogP contribution in [0.2, 0.25) is 5.02 Å². The zero-order valence-corrected chi connectivity index (χ0v) is 20.2. The molecule has 7 heteroatoms. The number of nitrogens with zero attached hydrogens (tertiary/aromatic N) is 2. The lowest BCUT2D eigenvalue weighted by molar-refractivity contribution is 0.0611. The Bertz CT molecular complexity index is 1420. The van der Waals surface area contributed by atoms with Crippen molar-refractivity contribution in [1.29, 1.82) is 0 Å². The van der Waals surface area contributed by atoms with Gasteiger partial charge in [-0.25, -0.2) is 0 Å². The van der Waals surface area contributed by atoms with Gasteiger partial charge in [0.15, 0.2) is 0 Å². The maximum Gasteiger partial charge on any atom is 0.261 e. The third-order valence-corrected chi connectivity index (χ3v) is 6.83. The van der Waals surface area contributed by atoms with Crippen LogP contribution in [0.25, 0.3) is 10.8 Å². The number of carbonyl (C=O) groups is 3. The van der Waals surface area contributed by atoms with Crippen LogP contribution in [0.3, 0.4) is 0 Å². The highest BCUT2D eigenvalue weighted by Gasteiger charge is 2.33. The van der Waals surface area contributed by atoms with Crippen LogP contribution in [-0.2, 0) is 0 Å². The maximum absolute atomic E-state index is 13.4. The molecule has 0 saturated carbocycles. The predicted octanol–water partition coefficient (Wildman–Crippen LogP) is 6.20. The summed E-state index contributed by atoms with van der Waals surface area (Å²) >= 11 is 9.49. The van der Waals surface area contributed by atoms with Crippen LogP contribution in [-0.4, -0.2) is 35.7 Å². The van der Waals surface area contributed by atoms with Gasteiger partial charge >= 0.3 is 0 Å². The molecule has 34 heavy (non-hydrogen) atoms. The van der Waals surface area contributed by atoms with E-state index in [2.05, 4.69) is 15.9 Å². The van der Waals surface area contributed by atoms with Gasteiger partial charge in [0.2, 0.25) is 0 Å². The molecule has 0 radical (unpaired) electrons. The fraction of sp³-hybridized carbons (Fsp3) is 0.0741. The van der Waals surface area contributed by atoms with Gasteiger partial charge in [0, 0.05) is 50.3 Å². The number of hydrogen-bond donors (Lipinski definition) is 0. The fourth-order valence-electron chi connectivity index (χ4n) is 4.22. The van der Waals surface area contributed by atoms with Gasteiger partial charge in [-0.1, -0.05) is 57.9 Å². The van der Waals surface area contributed by atoms with E-state index in [-0.39, 0.29) is 30.8 Å². The SMILES string of the molecule is O=C1c2cccc3c(Br)ccc(c23)C(=O)N1CCN(C(=O)c1ccc(Cl)cc1)c1ccccc1. The number of imide groups is 1. The molecule has 0 atom stereocenters. The van der Waals surface area contributed by atoms with Crippen LogP contribution >= 0.6 is 27.5 Å². The van der Waals surface area contributed by atoms with E-state index in [0.717, 1.165) is 9.86 Å². The largest absolute Gasteiger partial charge is 0.307 e. The molecule has 1 aliphatic heterocycles. The van der Waals surface area contributed by atoms with E-state index in [1.165, 1.54) is 4.90 Å². The number of hydrogen-bond acceptors (Lipinski definition) is 3. The van der Waals surface area contributed by atoms with E-state index in [9.17, 15) is 14.4 Å². The molecule has 1 aliphatic rings. The standard InChI is InChI=1S/C27H18BrClN2O3/c28-23-14-13-22-24-20(23)7-4-8-21(24)26(33)31(27(22)34)16-15-30(19-5-2-1-3-6-19)25(32)17-9-11-18(29)12-10-17/h1-14H,15-16H2. The molecule has 1 heterocycles. The number of anilines is 1. The van der Waals surface area contributed by atoms with Crippen LogP contribution in [0.1, 0.15) is 31.1 Å². The molecule has 0 unspecified atom stereocenters. The van der Waals surface area contributed by atoms with E-state index in [0.29, 0.717) is 32.8 Å². The zero-order chi connectivity index (χ0) is 23.8. The first kappa shape index (κ1) is 22.3. The van der Waals surface area contributed by atoms with E-state index >= 15 is 0 Å². The summed E-state index contributed by atoms with van der Waals surface area (Å²) in [6.07, 6.45) is 0. The highest BCUT2D eigenvalue weighted by Crippen LogP contribution is 2.34. The molecule has 0 aliphatic carbocycles. The van der Waals surface area contributed by atoms with E-state index in [4.69, 9.17) is 11.6 Å². The third kappa shape index (κ3) is 3.89. The van der Waals surface area contributed by atoms with Crippen molar-refractivity contribution in [3.8, 4) is 0 Å². The Kier molecular flexibility index (Phi) is 5.94. The molecule has 3 amide bonds. The summed E-state index contributed by atoms with van der Waals surface area (Å²) in [6, 6.07) is 24.8. The average Bonchev–Trinajstić information content (AvgIpc) is 2.86. The number of benzene rings is 4. The summed E-state index contributed by atoms with van der Waals surface area (Å²) in [7, 11) is 0. The van der Waals surface area contributed by atoms with E-state index in [1.807, 2.05) is 42.5 Å². The molecule has 0 N–H and O–H groups in total. The summed E-state index contributed by atoms with van der Waals surface area (Å²) < 4.78 is 0.825. The van der Waals surface area contributed by atoms with Crippen LogP contribution in [0.5, 0.6) is 0 Å². The topological polar surface area (TPSA) is 57.7 Å². The van der Waals surface area contributed by atoms with Gasteiger partial charge in [-0.05, 0) is 60.0 Å². The first-order valence-electron chi connectivity index (χ1n) is 10.7. The lowest BCUT2D eigenvalue weighted by Crippen LogP contribution is -2.46. The van der Waals surface area contributed by atoms with Crippen molar-refractivity contribution < 1.29 is 14.4 Å². The zero-order valence-electron chi connectivity index (χ0n) is 17.9. The summed E-state index contributed by atoms with van der Waals surface area (Å²) in [5.74, 6) is -0.979. The van der Waals surface area contributed by atoms with Gasteiger partial charge in [0.05, 0.1) is 0 Å². The molecular weight excluding hydrogens is 516 g/mol. The Morgan fingerprint density at radius 2 is 1.50 bits per heavy atom. The molecule has 168 valence electrons. The molecular formula is C27H18BrClN2O3. The van der Waals surface area contributed by atoms with Gasteiger partial charge in [0.25, 0.3) is 17.7 Å².